The van der Waals surface area contributed by atoms with Gasteiger partial charge < -0.3 is 0 Å². The van der Waals surface area contributed by atoms with E-state index in [1.807, 2.05) is 84.9 Å². The second-order valence-electron chi connectivity index (χ2n) is 13.4. The lowest BCUT2D eigenvalue weighted by molar-refractivity contribution is 0.769. The largest absolute Gasteiger partial charge is 0.208 e. The lowest BCUT2D eigenvalue weighted by Gasteiger charge is -2.34. The molecule has 0 radical (unpaired) electrons. The van der Waals surface area contributed by atoms with Gasteiger partial charge in [0.05, 0.1) is 28.7 Å². The molecule has 0 fully saturated rings. The minimum Gasteiger partial charge on any atom is -0.208 e. The molecule has 10 rings (SSSR count). The summed E-state index contributed by atoms with van der Waals surface area (Å²) in [5.74, 6) is 1.80. The van der Waals surface area contributed by atoms with Gasteiger partial charge in [-0.05, 0) is 69.8 Å². The second kappa shape index (κ2) is 12.5. The number of thiophene rings is 1. The maximum absolute atomic E-state index is 10.2. The lowest BCUT2D eigenvalue weighted by Crippen LogP contribution is -2.28. The summed E-state index contributed by atoms with van der Waals surface area (Å²) in [6, 6.07) is 60.4. The van der Waals surface area contributed by atoms with Gasteiger partial charge in [-0.25, -0.2) is 15.0 Å². The molecule has 0 spiro atoms. The van der Waals surface area contributed by atoms with Crippen LogP contribution in [0.2, 0.25) is 0 Å². The van der Waals surface area contributed by atoms with Gasteiger partial charge in [0, 0.05) is 36.9 Å². The van der Waals surface area contributed by atoms with Crippen molar-refractivity contribution in [3.63, 3.8) is 0 Å². The molecule has 9 aromatic rings. The number of aromatic nitrogens is 3. The van der Waals surface area contributed by atoms with E-state index in [0.29, 0.717) is 28.6 Å². The van der Waals surface area contributed by atoms with Crippen molar-refractivity contribution in [1.82, 2.24) is 15.0 Å². The Morgan fingerprint density at radius 3 is 1.59 bits per heavy atom. The molecule has 0 N–H and O–H groups in total. The minimum atomic E-state index is -0.740. The first-order valence-corrected chi connectivity index (χ1v) is 18.5. The zero-order valence-corrected chi connectivity index (χ0v) is 29.5. The third-order valence-electron chi connectivity index (χ3n) is 10.5. The third-order valence-corrected chi connectivity index (χ3v) is 11.6. The fourth-order valence-corrected chi connectivity index (χ4v) is 9.20. The Kier molecular flexibility index (Phi) is 7.26. The van der Waals surface area contributed by atoms with Crippen molar-refractivity contribution in [1.29, 1.82) is 10.5 Å². The molecule has 54 heavy (non-hydrogen) atoms. The van der Waals surface area contributed by atoms with Gasteiger partial charge in [0.25, 0.3) is 0 Å². The molecule has 0 bridgehead atoms. The van der Waals surface area contributed by atoms with Crippen molar-refractivity contribution in [2.75, 3.05) is 0 Å². The molecule has 0 aliphatic heterocycles. The molecule has 1 atom stereocenters. The highest BCUT2D eigenvalue weighted by Crippen LogP contribution is 2.59. The molecular weight excluding hydrogens is 679 g/mol. The Bertz CT molecular complexity index is 2940. The smallest absolute Gasteiger partial charge is 0.164 e. The summed E-state index contributed by atoms with van der Waals surface area (Å²) in [6.07, 6.45) is 0. The Balaban J connectivity index is 1.23. The summed E-state index contributed by atoms with van der Waals surface area (Å²) in [6.45, 7) is 0. The molecular formula is C48H27N5S. The number of fused-ring (bicyclic) bond motifs is 7. The average molecular weight is 706 g/mol. The van der Waals surface area contributed by atoms with Crippen LogP contribution in [0, 0.1) is 22.7 Å². The molecule has 0 saturated heterocycles. The first-order valence-electron chi connectivity index (χ1n) is 17.6. The SMILES string of the molecule is N#Cc1ccc2c(c1)C(c1ccccc1)(c1ccc(-c3nc(-c4ccccc4)nc(-c4ccccc4)n3)cc1)c1ccc3sc4ccc(C#N)cc4c3c1-2. The highest BCUT2D eigenvalue weighted by atomic mass is 32.1. The molecule has 2 heterocycles. The summed E-state index contributed by atoms with van der Waals surface area (Å²) in [4.78, 5) is 14.9. The van der Waals surface area contributed by atoms with Crippen LogP contribution in [-0.4, -0.2) is 15.0 Å². The van der Waals surface area contributed by atoms with Gasteiger partial charge in [-0.1, -0.05) is 127 Å². The van der Waals surface area contributed by atoms with Gasteiger partial charge in [0.1, 0.15) is 0 Å². The summed E-state index contributed by atoms with van der Waals surface area (Å²) in [5.41, 5.74) is 9.76. The molecule has 5 nitrogen and oxygen atoms in total. The van der Waals surface area contributed by atoms with Gasteiger partial charge in [-0.2, -0.15) is 10.5 Å². The first kappa shape index (κ1) is 31.5. The topological polar surface area (TPSA) is 86.2 Å². The van der Waals surface area contributed by atoms with Crippen LogP contribution in [0.25, 0.3) is 65.5 Å². The van der Waals surface area contributed by atoms with E-state index in [4.69, 9.17) is 15.0 Å². The Morgan fingerprint density at radius 2 is 0.981 bits per heavy atom. The average Bonchev–Trinajstić information content (AvgIpc) is 3.77. The van der Waals surface area contributed by atoms with Crippen molar-refractivity contribution in [3.05, 3.63) is 197 Å². The Morgan fingerprint density at radius 1 is 0.463 bits per heavy atom. The van der Waals surface area contributed by atoms with Crippen LogP contribution in [-0.2, 0) is 5.41 Å². The van der Waals surface area contributed by atoms with Crippen molar-refractivity contribution in [3.8, 4) is 57.4 Å². The van der Waals surface area contributed by atoms with Crippen LogP contribution in [0.1, 0.15) is 33.4 Å². The molecule has 1 aliphatic rings. The van der Waals surface area contributed by atoms with Gasteiger partial charge >= 0.3 is 0 Å². The van der Waals surface area contributed by atoms with E-state index in [2.05, 4.69) is 91.0 Å². The van der Waals surface area contributed by atoms with Crippen molar-refractivity contribution < 1.29 is 0 Å². The van der Waals surface area contributed by atoms with Crippen molar-refractivity contribution in [2.45, 2.75) is 5.41 Å². The van der Waals surface area contributed by atoms with Gasteiger partial charge in [-0.15, -0.1) is 11.3 Å². The zero-order chi connectivity index (χ0) is 36.2. The van der Waals surface area contributed by atoms with Crippen LogP contribution >= 0.6 is 11.3 Å². The van der Waals surface area contributed by atoms with Crippen molar-refractivity contribution in [2.24, 2.45) is 0 Å². The van der Waals surface area contributed by atoms with Gasteiger partial charge in [0.15, 0.2) is 17.5 Å². The standard InChI is InChI=1S/C48H27N5S/c49-28-30-17-24-41-38(26-30)44-42(54-41)25-23-39-43(44)37-22-16-31(29-50)27-40(37)48(39,35-14-8-3-9-15-35)36-20-18-34(19-21-36)47-52-45(32-10-4-1-5-11-32)51-46(53-47)33-12-6-2-7-13-33/h1-27H. The van der Waals surface area contributed by atoms with E-state index in [-0.39, 0.29) is 0 Å². The molecule has 0 amide bonds. The molecule has 1 unspecified atom stereocenters. The zero-order valence-electron chi connectivity index (χ0n) is 28.7. The van der Waals surface area contributed by atoms with E-state index in [1.54, 1.807) is 11.3 Å². The minimum absolute atomic E-state index is 0.585. The predicted molar refractivity (Wildman–Crippen MR) is 216 cm³/mol. The second-order valence-corrected chi connectivity index (χ2v) is 14.5. The van der Waals surface area contributed by atoms with E-state index in [1.165, 1.54) is 0 Å². The Hall–Kier alpha value is -7.25. The monoisotopic (exact) mass is 705 g/mol. The molecule has 1 aliphatic carbocycles. The number of benzene rings is 7. The van der Waals surface area contributed by atoms with Crippen LogP contribution in [0.15, 0.2) is 164 Å². The molecule has 2 aromatic heterocycles. The number of nitrogens with zero attached hydrogens (tertiary/aromatic N) is 5. The maximum Gasteiger partial charge on any atom is 0.164 e. The first-order chi connectivity index (χ1) is 26.6. The molecule has 7 aromatic carbocycles. The summed E-state index contributed by atoms with van der Waals surface area (Å²) < 4.78 is 2.29. The number of hydrogen-bond donors (Lipinski definition) is 0. The van der Waals surface area contributed by atoms with Crippen LogP contribution in [0.4, 0.5) is 0 Å². The molecule has 0 saturated carbocycles. The summed E-state index contributed by atoms with van der Waals surface area (Å²) in [5, 5.41) is 22.3. The highest BCUT2D eigenvalue weighted by Gasteiger charge is 2.47. The molecule has 250 valence electrons. The fourth-order valence-electron chi connectivity index (χ4n) is 8.10. The summed E-state index contributed by atoms with van der Waals surface area (Å²) >= 11 is 1.74. The van der Waals surface area contributed by atoms with E-state index < -0.39 is 5.41 Å². The number of hydrogen-bond acceptors (Lipinski definition) is 6. The fraction of sp³-hybridized carbons (Fsp3) is 0.0208. The van der Waals surface area contributed by atoms with Gasteiger partial charge in [-0.3, -0.25) is 0 Å². The van der Waals surface area contributed by atoms with Crippen molar-refractivity contribution >= 4 is 31.5 Å². The third kappa shape index (κ3) is 4.79. The van der Waals surface area contributed by atoms with Crippen LogP contribution in [0.3, 0.4) is 0 Å². The number of nitriles is 2. The normalized spacial score (nSPS) is 14.3. The van der Waals surface area contributed by atoms with Crippen LogP contribution in [0.5, 0.6) is 0 Å². The lowest BCUT2D eigenvalue weighted by atomic mass is 9.67. The van der Waals surface area contributed by atoms with Crippen LogP contribution < -0.4 is 0 Å². The maximum atomic E-state index is 10.2. The predicted octanol–water partition coefficient (Wildman–Crippen LogP) is 11.3. The van der Waals surface area contributed by atoms with E-state index in [0.717, 1.165) is 70.2 Å². The highest BCUT2D eigenvalue weighted by molar-refractivity contribution is 7.26. The Labute approximate surface area is 315 Å². The van der Waals surface area contributed by atoms with E-state index in [9.17, 15) is 10.5 Å². The molecule has 6 heteroatoms. The van der Waals surface area contributed by atoms with E-state index >= 15 is 0 Å². The van der Waals surface area contributed by atoms with Gasteiger partial charge in [0.2, 0.25) is 0 Å². The summed E-state index contributed by atoms with van der Waals surface area (Å²) in [7, 11) is 0. The quantitative estimate of drug-likeness (QED) is 0.178. The number of rotatable bonds is 5.